The standard InChI is InChI=1S/C22H21F2N3O2/c23-22(24)29-19-11-5-4-9-17(19)25-20(28)15-27-14-13-26-12-6-10-18(26)21(27)16-7-2-1-3-8-16/h1-12,21-22H,13-15H2,(H,25,28). The van der Waals surface area contributed by atoms with Gasteiger partial charge in [-0.15, -0.1) is 0 Å². The van der Waals surface area contributed by atoms with Gasteiger partial charge in [-0.2, -0.15) is 8.78 Å². The molecule has 3 aromatic rings. The normalized spacial score (nSPS) is 16.4. The summed E-state index contributed by atoms with van der Waals surface area (Å²) >= 11 is 0. The molecule has 1 amide bonds. The molecule has 1 aliphatic heterocycles. The predicted molar refractivity (Wildman–Crippen MR) is 106 cm³/mol. The lowest BCUT2D eigenvalue weighted by atomic mass is 10.00. The smallest absolute Gasteiger partial charge is 0.387 e. The number of nitrogens with one attached hydrogen (secondary N) is 1. The van der Waals surface area contributed by atoms with Gasteiger partial charge in [0.1, 0.15) is 5.75 Å². The van der Waals surface area contributed by atoms with Crippen molar-refractivity contribution < 1.29 is 18.3 Å². The van der Waals surface area contributed by atoms with Crippen molar-refractivity contribution in [2.75, 3.05) is 18.4 Å². The van der Waals surface area contributed by atoms with E-state index < -0.39 is 6.61 Å². The highest BCUT2D eigenvalue weighted by Crippen LogP contribution is 2.32. The summed E-state index contributed by atoms with van der Waals surface area (Å²) in [6, 6.07) is 20.2. The first-order valence-electron chi connectivity index (χ1n) is 9.39. The van der Waals surface area contributed by atoms with Crippen LogP contribution in [-0.2, 0) is 11.3 Å². The average molecular weight is 397 g/mol. The lowest BCUT2D eigenvalue weighted by Crippen LogP contribution is -2.42. The van der Waals surface area contributed by atoms with Crippen molar-refractivity contribution in [3.8, 4) is 5.75 Å². The molecule has 0 fully saturated rings. The molecule has 0 saturated carbocycles. The van der Waals surface area contributed by atoms with Gasteiger partial charge in [-0.1, -0.05) is 42.5 Å². The highest BCUT2D eigenvalue weighted by molar-refractivity contribution is 5.93. The van der Waals surface area contributed by atoms with Crippen LogP contribution in [0.5, 0.6) is 5.75 Å². The van der Waals surface area contributed by atoms with E-state index in [0.29, 0.717) is 6.54 Å². The second-order valence-corrected chi connectivity index (χ2v) is 6.83. The van der Waals surface area contributed by atoms with E-state index in [1.54, 1.807) is 18.2 Å². The van der Waals surface area contributed by atoms with Gasteiger partial charge in [0.2, 0.25) is 5.91 Å². The number of fused-ring (bicyclic) bond motifs is 1. The summed E-state index contributed by atoms with van der Waals surface area (Å²) in [7, 11) is 0. The van der Waals surface area contributed by atoms with E-state index in [0.717, 1.165) is 17.8 Å². The summed E-state index contributed by atoms with van der Waals surface area (Å²) in [4.78, 5) is 14.8. The number of hydrogen-bond donors (Lipinski definition) is 1. The summed E-state index contributed by atoms with van der Waals surface area (Å²) < 4.78 is 31.9. The molecule has 0 spiro atoms. The largest absolute Gasteiger partial charge is 0.433 e. The molecule has 0 radical (unpaired) electrons. The number of anilines is 1. The Hall–Kier alpha value is -3.19. The lowest BCUT2D eigenvalue weighted by molar-refractivity contribution is -0.118. The Balaban J connectivity index is 1.53. The van der Waals surface area contributed by atoms with Crippen LogP contribution in [0.4, 0.5) is 14.5 Å². The quantitative estimate of drug-likeness (QED) is 0.680. The van der Waals surface area contributed by atoms with Crippen molar-refractivity contribution in [2.24, 2.45) is 0 Å². The van der Waals surface area contributed by atoms with Crippen molar-refractivity contribution in [3.05, 3.63) is 84.2 Å². The molecule has 1 atom stereocenters. The van der Waals surface area contributed by atoms with Crippen LogP contribution in [0.15, 0.2) is 72.9 Å². The first-order chi connectivity index (χ1) is 14.1. The number of hydrogen-bond acceptors (Lipinski definition) is 3. The Bertz CT molecular complexity index is 975. The molecule has 1 aliphatic rings. The SMILES string of the molecule is O=C(CN1CCn2cccc2C1c1ccccc1)Nc1ccccc1OC(F)F. The molecule has 29 heavy (non-hydrogen) atoms. The van der Waals surface area contributed by atoms with E-state index in [1.165, 1.54) is 6.07 Å². The lowest BCUT2D eigenvalue weighted by Gasteiger charge is -2.36. The van der Waals surface area contributed by atoms with Gasteiger partial charge in [0.15, 0.2) is 0 Å². The fraction of sp³-hybridized carbons (Fsp3) is 0.227. The minimum atomic E-state index is -2.95. The van der Waals surface area contributed by atoms with E-state index in [1.807, 2.05) is 42.6 Å². The number of ether oxygens (including phenoxy) is 1. The van der Waals surface area contributed by atoms with Crippen molar-refractivity contribution in [3.63, 3.8) is 0 Å². The molecule has 1 N–H and O–H groups in total. The molecule has 4 rings (SSSR count). The third-order valence-electron chi connectivity index (χ3n) is 4.98. The summed E-state index contributed by atoms with van der Waals surface area (Å²) in [5.74, 6) is -0.334. The molecule has 0 saturated heterocycles. The zero-order chi connectivity index (χ0) is 20.2. The minimum absolute atomic E-state index is 0.0528. The molecule has 2 heterocycles. The maximum Gasteiger partial charge on any atom is 0.387 e. The number of alkyl halides is 2. The van der Waals surface area contributed by atoms with Gasteiger partial charge >= 0.3 is 6.61 Å². The Morgan fingerprint density at radius 1 is 1.03 bits per heavy atom. The molecule has 0 bridgehead atoms. The number of para-hydroxylation sites is 2. The third-order valence-corrected chi connectivity index (χ3v) is 4.98. The van der Waals surface area contributed by atoms with E-state index in [-0.39, 0.29) is 29.9 Å². The number of carbonyl (C=O) groups excluding carboxylic acids is 1. The monoisotopic (exact) mass is 397 g/mol. The Morgan fingerprint density at radius 3 is 2.59 bits per heavy atom. The van der Waals surface area contributed by atoms with E-state index in [9.17, 15) is 13.6 Å². The van der Waals surface area contributed by atoms with Gasteiger partial charge in [0.05, 0.1) is 18.3 Å². The molecule has 7 heteroatoms. The van der Waals surface area contributed by atoms with E-state index in [4.69, 9.17) is 0 Å². The maximum atomic E-state index is 12.7. The van der Waals surface area contributed by atoms with Crippen molar-refractivity contribution >= 4 is 11.6 Å². The second-order valence-electron chi connectivity index (χ2n) is 6.83. The molecule has 2 aromatic carbocycles. The van der Waals surface area contributed by atoms with Gasteiger partial charge in [0, 0.05) is 25.0 Å². The first kappa shape index (κ1) is 19.1. The molecule has 5 nitrogen and oxygen atoms in total. The third kappa shape index (κ3) is 4.30. The van der Waals surface area contributed by atoms with Crippen LogP contribution in [-0.4, -0.2) is 35.1 Å². The highest BCUT2D eigenvalue weighted by atomic mass is 19.3. The molecule has 1 aromatic heterocycles. The van der Waals surface area contributed by atoms with Gasteiger partial charge in [-0.25, -0.2) is 0 Å². The number of nitrogens with zero attached hydrogens (tertiary/aromatic N) is 2. The molecular weight excluding hydrogens is 376 g/mol. The number of aromatic nitrogens is 1. The van der Waals surface area contributed by atoms with Crippen LogP contribution in [0.2, 0.25) is 0 Å². The van der Waals surface area contributed by atoms with E-state index in [2.05, 4.69) is 25.6 Å². The second kappa shape index (κ2) is 8.45. The predicted octanol–water partition coefficient (Wildman–Crippen LogP) is 4.13. The molecule has 0 aliphatic carbocycles. The number of carbonyl (C=O) groups is 1. The van der Waals surface area contributed by atoms with E-state index >= 15 is 0 Å². The summed E-state index contributed by atoms with van der Waals surface area (Å²) in [6.45, 7) is -1.34. The average Bonchev–Trinajstić information content (AvgIpc) is 3.18. The van der Waals surface area contributed by atoms with Gasteiger partial charge in [0.25, 0.3) is 0 Å². The zero-order valence-electron chi connectivity index (χ0n) is 15.7. The Labute approximate surface area is 167 Å². The molecule has 150 valence electrons. The van der Waals surface area contributed by atoms with Crippen LogP contribution in [0.25, 0.3) is 0 Å². The van der Waals surface area contributed by atoms with Crippen LogP contribution in [0, 0.1) is 0 Å². The Morgan fingerprint density at radius 2 is 1.79 bits per heavy atom. The van der Waals surface area contributed by atoms with Gasteiger partial charge in [-0.3, -0.25) is 9.69 Å². The minimum Gasteiger partial charge on any atom is -0.433 e. The number of rotatable bonds is 6. The zero-order valence-corrected chi connectivity index (χ0v) is 15.7. The van der Waals surface area contributed by atoms with Crippen molar-refractivity contribution in [2.45, 2.75) is 19.2 Å². The van der Waals surface area contributed by atoms with Crippen LogP contribution in [0.1, 0.15) is 17.3 Å². The van der Waals surface area contributed by atoms with Crippen LogP contribution in [0.3, 0.4) is 0 Å². The fourth-order valence-electron chi connectivity index (χ4n) is 3.76. The first-order valence-corrected chi connectivity index (χ1v) is 9.39. The van der Waals surface area contributed by atoms with Gasteiger partial charge in [-0.05, 0) is 29.8 Å². The van der Waals surface area contributed by atoms with Crippen LogP contribution >= 0.6 is 0 Å². The highest BCUT2D eigenvalue weighted by Gasteiger charge is 2.30. The number of amides is 1. The summed E-state index contributed by atoms with van der Waals surface area (Å²) in [6.07, 6.45) is 2.04. The summed E-state index contributed by atoms with van der Waals surface area (Å²) in [5.41, 5.74) is 2.45. The molecular formula is C22H21F2N3O2. The van der Waals surface area contributed by atoms with Crippen molar-refractivity contribution in [1.82, 2.24) is 9.47 Å². The maximum absolute atomic E-state index is 12.7. The Kier molecular flexibility index (Phi) is 5.57. The summed E-state index contributed by atoms with van der Waals surface area (Å²) in [5, 5.41) is 2.71. The number of benzene rings is 2. The number of halogens is 2. The van der Waals surface area contributed by atoms with Gasteiger partial charge < -0.3 is 14.6 Å². The topological polar surface area (TPSA) is 46.5 Å². The van der Waals surface area contributed by atoms with Crippen molar-refractivity contribution in [1.29, 1.82) is 0 Å². The fourth-order valence-corrected chi connectivity index (χ4v) is 3.76. The molecule has 1 unspecified atom stereocenters. The van der Waals surface area contributed by atoms with Crippen LogP contribution < -0.4 is 10.1 Å².